The molecule has 29 heavy (non-hydrogen) atoms. The summed E-state index contributed by atoms with van der Waals surface area (Å²) < 4.78 is 0. The number of benzene rings is 3. The molecule has 0 unspecified atom stereocenters. The van der Waals surface area contributed by atoms with Crippen molar-refractivity contribution in [1.82, 2.24) is 0 Å². The summed E-state index contributed by atoms with van der Waals surface area (Å²) in [6, 6.07) is 29.4. The highest BCUT2D eigenvalue weighted by Crippen LogP contribution is 2.38. The molecule has 0 atom stereocenters. The van der Waals surface area contributed by atoms with Crippen molar-refractivity contribution >= 4 is 22.7 Å². The number of hydrogen-bond donors (Lipinski definition) is 0. The van der Waals surface area contributed by atoms with Crippen LogP contribution in [0.4, 0.5) is 0 Å². The molecule has 3 aromatic rings. The molecule has 0 N–H and O–H groups in total. The van der Waals surface area contributed by atoms with Gasteiger partial charge < -0.3 is 0 Å². The molecule has 0 saturated heterocycles. The van der Waals surface area contributed by atoms with E-state index in [0.717, 1.165) is 22.3 Å². The fourth-order valence-electron chi connectivity index (χ4n) is 3.34. The highest BCUT2D eigenvalue weighted by molar-refractivity contribution is 6.15. The summed E-state index contributed by atoms with van der Waals surface area (Å²) in [5, 5.41) is 0. The molecule has 0 aliphatic rings. The number of rotatable bonds is 6. The molecular formula is C27H24O2. The van der Waals surface area contributed by atoms with E-state index in [2.05, 4.69) is 5.73 Å². The van der Waals surface area contributed by atoms with E-state index in [0.29, 0.717) is 5.57 Å². The molecule has 0 spiro atoms. The van der Waals surface area contributed by atoms with Gasteiger partial charge in [0, 0.05) is 11.1 Å². The van der Waals surface area contributed by atoms with E-state index >= 15 is 0 Å². The third kappa shape index (κ3) is 4.18. The largest absolute Gasteiger partial charge is 0.299 e. The van der Waals surface area contributed by atoms with E-state index in [1.54, 1.807) is 6.92 Å². The van der Waals surface area contributed by atoms with Crippen LogP contribution in [0.1, 0.15) is 37.5 Å². The predicted octanol–water partition coefficient (Wildman–Crippen LogP) is 5.99. The Morgan fingerprint density at radius 2 is 0.966 bits per heavy atom. The molecule has 3 rings (SSSR count). The number of ketones is 2. The zero-order chi connectivity index (χ0) is 20.9. The fourth-order valence-corrected chi connectivity index (χ4v) is 3.34. The van der Waals surface area contributed by atoms with Crippen LogP contribution < -0.4 is 0 Å². The topological polar surface area (TPSA) is 34.1 Å². The van der Waals surface area contributed by atoms with Crippen LogP contribution in [0.15, 0.2) is 96.7 Å². The van der Waals surface area contributed by atoms with Crippen LogP contribution in [0, 0.1) is 5.41 Å². The first kappa shape index (κ1) is 20.3. The van der Waals surface area contributed by atoms with Gasteiger partial charge in [0.05, 0.1) is 0 Å². The van der Waals surface area contributed by atoms with Gasteiger partial charge in [-0.1, -0.05) is 91.0 Å². The summed E-state index contributed by atoms with van der Waals surface area (Å²) in [6.45, 7) is 4.63. The average molecular weight is 380 g/mol. The van der Waals surface area contributed by atoms with Crippen molar-refractivity contribution in [2.24, 2.45) is 5.41 Å². The first-order chi connectivity index (χ1) is 13.9. The maximum Gasteiger partial charge on any atom is 0.148 e. The van der Waals surface area contributed by atoms with Crippen molar-refractivity contribution in [2.75, 3.05) is 0 Å². The maximum atomic E-state index is 12.7. The van der Waals surface area contributed by atoms with Crippen LogP contribution in [0.5, 0.6) is 0 Å². The van der Waals surface area contributed by atoms with Crippen LogP contribution in [0.25, 0.3) is 11.1 Å². The second-order valence-electron chi connectivity index (χ2n) is 7.21. The first-order valence-electron chi connectivity index (χ1n) is 9.64. The van der Waals surface area contributed by atoms with E-state index in [-0.39, 0.29) is 11.6 Å². The van der Waals surface area contributed by atoms with Gasteiger partial charge in [0.2, 0.25) is 0 Å². The zero-order valence-electron chi connectivity index (χ0n) is 17.0. The van der Waals surface area contributed by atoms with Gasteiger partial charge in [0.25, 0.3) is 0 Å². The molecule has 3 aromatic carbocycles. The number of Topliss-reactive ketones (excluding diaryl/α,β-unsaturated/α-hetero) is 2. The summed E-state index contributed by atoms with van der Waals surface area (Å²) in [5.74, 6) is -0.395. The highest BCUT2D eigenvalue weighted by Gasteiger charge is 2.40. The Morgan fingerprint density at radius 1 is 0.621 bits per heavy atom. The van der Waals surface area contributed by atoms with Crippen molar-refractivity contribution in [3.05, 3.63) is 113 Å². The number of carbonyl (C=O) groups excluding carboxylic acids is 2. The van der Waals surface area contributed by atoms with Crippen molar-refractivity contribution in [1.29, 1.82) is 0 Å². The lowest BCUT2D eigenvalue weighted by molar-refractivity contribution is -0.133. The number of carbonyl (C=O) groups is 2. The van der Waals surface area contributed by atoms with Crippen molar-refractivity contribution in [3.63, 3.8) is 0 Å². The summed E-state index contributed by atoms with van der Waals surface area (Å²) in [5.41, 5.74) is 6.40. The molecule has 0 bridgehead atoms. The second-order valence-corrected chi connectivity index (χ2v) is 7.21. The Kier molecular flexibility index (Phi) is 6.07. The monoisotopic (exact) mass is 380 g/mol. The standard InChI is InChI=1S/C27H24O2/c1-20(28)27(3,21(2)29)26(24-17-11-6-12-18-24)19-25(22-13-7-4-8-14-22)23-15-9-5-10-16-23/h4-18H,1-3H3. The summed E-state index contributed by atoms with van der Waals surface area (Å²) in [6.07, 6.45) is 0. The lowest BCUT2D eigenvalue weighted by Gasteiger charge is -2.26. The van der Waals surface area contributed by atoms with Gasteiger partial charge in [0.15, 0.2) is 0 Å². The lowest BCUT2D eigenvalue weighted by atomic mass is 9.72. The van der Waals surface area contributed by atoms with Crippen LogP contribution in [-0.4, -0.2) is 11.6 Å². The molecule has 2 heteroatoms. The summed E-state index contributed by atoms with van der Waals surface area (Å²) >= 11 is 0. The van der Waals surface area contributed by atoms with Crippen LogP contribution in [0.3, 0.4) is 0 Å². The molecular weight excluding hydrogens is 356 g/mol. The smallest absolute Gasteiger partial charge is 0.148 e. The number of hydrogen-bond acceptors (Lipinski definition) is 2. The fraction of sp³-hybridized carbons (Fsp3) is 0.148. The van der Waals surface area contributed by atoms with E-state index < -0.39 is 5.41 Å². The molecule has 0 saturated carbocycles. The minimum atomic E-state index is -1.28. The van der Waals surface area contributed by atoms with Crippen LogP contribution >= 0.6 is 0 Å². The molecule has 0 radical (unpaired) electrons. The van der Waals surface area contributed by atoms with Crippen LogP contribution in [-0.2, 0) is 9.59 Å². The lowest BCUT2D eigenvalue weighted by Crippen LogP contribution is -2.34. The molecule has 0 aromatic heterocycles. The molecule has 2 nitrogen and oxygen atoms in total. The molecule has 0 heterocycles. The van der Waals surface area contributed by atoms with Gasteiger partial charge in [-0.05, 0) is 37.5 Å². The van der Waals surface area contributed by atoms with Gasteiger partial charge in [0.1, 0.15) is 17.0 Å². The molecule has 144 valence electrons. The third-order valence-electron chi connectivity index (χ3n) is 5.35. The Labute approximate surface area is 172 Å². The second kappa shape index (κ2) is 8.68. The van der Waals surface area contributed by atoms with Crippen molar-refractivity contribution in [3.8, 4) is 0 Å². The van der Waals surface area contributed by atoms with Crippen LogP contribution in [0.2, 0.25) is 0 Å². The Morgan fingerprint density at radius 3 is 1.31 bits per heavy atom. The molecule has 0 aliphatic heterocycles. The third-order valence-corrected chi connectivity index (χ3v) is 5.35. The van der Waals surface area contributed by atoms with Gasteiger partial charge in [-0.2, -0.15) is 0 Å². The van der Waals surface area contributed by atoms with Gasteiger partial charge >= 0.3 is 0 Å². The van der Waals surface area contributed by atoms with Crippen molar-refractivity contribution < 1.29 is 9.59 Å². The average Bonchev–Trinajstić information content (AvgIpc) is 2.75. The predicted molar refractivity (Wildman–Crippen MR) is 118 cm³/mol. The van der Waals surface area contributed by atoms with Gasteiger partial charge in [-0.3, -0.25) is 9.59 Å². The molecule has 0 fully saturated rings. The quantitative estimate of drug-likeness (QED) is 0.389. The van der Waals surface area contributed by atoms with E-state index in [4.69, 9.17) is 0 Å². The van der Waals surface area contributed by atoms with Crippen molar-refractivity contribution in [2.45, 2.75) is 20.8 Å². The Hall–Kier alpha value is -3.48. The van der Waals surface area contributed by atoms with Gasteiger partial charge in [-0.15, -0.1) is 5.73 Å². The number of allylic oxidation sites excluding steroid dienone is 1. The molecule has 0 aliphatic carbocycles. The Bertz CT molecular complexity index is 1020. The SMILES string of the molecule is CC(=O)C(C)(C(C)=O)C(=C=C(c1ccccc1)c1ccccc1)c1ccccc1. The first-order valence-corrected chi connectivity index (χ1v) is 9.64. The normalized spacial score (nSPS) is 10.7. The van der Waals surface area contributed by atoms with E-state index in [9.17, 15) is 9.59 Å². The minimum Gasteiger partial charge on any atom is -0.299 e. The minimum absolute atomic E-state index is 0.197. The van der Waals surface area contributed by atoms with Gasteiger partial charge in [-0.25, -0.2) is 0 Å². The van der Waals surface area contributed by atoms with E-state index in [1.165, 1.54) is 13.8 Å². The maximum absolute atomic E-state index is 12.7. The summed E-state index contributed by atoms with van der Waals surface area (Å²) in [4.78, 5) is 25.4. The van der Waals surface area contributed by atoms with E-state index in [1.807, 2.05) is 91.0 Å². The summed E-state index contributed by atoms with van der Waals surface area (Å²) in [7, 11) is 0. The zero-order valence-corrected chi connectivity index (χ0v) is 17.0. The molecule has 0 amide bonds. The highest BCUT2D eigenvalue weighted by atomic mass is 16.2. The Balaban J connectivity index is 2.46.